The van der Waals surface area contributed by atoms with Crippen molar-refractivity contribution >= 4 is 5.97 Å². The Kier molecular flexibility index (Phi) is 3.63. The van der Waals surface area contributed by atoms with Gasteiger partial charge in [-0.25, -0.2) is 4.39 Å². The molecule has 2 nitrogen and oxygen atoms in total. The van der Waals surface area contributed by atoms with E-state index in [1.165, 1.54) is 12.1 Å². The number of hydrogen-bond acceptors (Lipinski definition) is 1. The predicted molar refractivity (Wildman–Crippen MR) is 51.5 cm³/mol. The van der Waals surface area contributed by atoms with Crippen molar-refractivity contribution in [2.24, 2.45) is 5.92 Å². The standard InChI is InChI=1S/C11H13FO2/c1-2-9(11(13)14)7-8-3-5-10(12)6-4-8/h3-6,9H,2,7H2,1H3,(H,13,14)/t9-/m0/s1. The average molecular weight is 196 g/mol. The maximum Gasteiger partial charge on any atom is 0.306 e. The second-order valence-electron chi connectivity index (χ2n) is 3.27. The van der Waals surface area contributed by atoms with Crippen molar-refractivity contribution in [3.63, 3.8) is 0 Å². The van der Waals surface area contributed by atoms with Crippen molar-refractivity contribution in [2.75, 3.05) is 0 Å². The molecule has 0 aliphatic carbocycles. The van der Waals surface area contributed by atoms with E-state index >= 15 is 0 Å². The van der Waals surface area contributed by atoms with Crippen LogP contribution in [0.4, 0.5) is 4.39 Å². The van der Waals surface area contributed by atoms with Gasteiger partial charge in [0.25, 0.3) is 0 Å². The van der Waals surface area contributed by atoms with E-state index in [0.29, 0.717) is 12.8 Å². The molecule has 76 valence electrons. The molecule has 0 amide bonds. The molecule has 1 rings (SSSR count). The number of hydrogen-bond donors (Lipinski definition) is 1. The number of halogens is 1. The SMILES string of the molecule is CC[C@@H](Cc1ccc(F)cc1)C(=O)O. The van der Waals surface area contributed by atoms with Crippen LogP contribution in [0, 0.1) is 11.7 Å². The molecule has 1 atom stereocenters. The molecule has 0 heterocycles. The zero-order valence-electron chi connectivity index (χ0n) is 8.03. The minimum absolute atomic E-state index is 0.294. The Morgan fingerprint density at radius 2 is 2.00 bits per heavy atom. The quantitative estimate of drug-likeness (QED) is 0.803. The third kappa shape index (κ3) is 2.83. The molecule has 1 aromatic rings. The molecule has 0 saturated heterocycles. The summed E-state index contributed by atoms with van der Waals surface area (Å²) in [5, 5.41) is 8.82. The third-order valence-corrected chi connectivity index (χ3v) is 2.24. The Hall–Kier alpha value is -1.38. The van der Waals surface area contributed by atoms with Crippen molar-refractivity contribution < 1.29 is 14.3 Å². The molecule has 0 unspecified atom stereocenters. The molecule has 0 fully saturated rings. The van der Waals surface area contributed by atoms with Crippen LogP contribution < -0.4 is 0 Å². The van der Waals surface area contributed by atoms with Gasteiger partial charge in [-0.3, -0.25) is 4.79 Å². The lowest BCUT2D eigenvalue weighted by atomic mass is 9.97. The van der Waals surface area contributed by atoms with E-state index in [9.17, 15) is 9.18 Å². The second kappa shape index (κ2) is 4.74. The van der Waals surface area contributed by atoms with Crippen LogP contribution in [-0.4, -0.2) is 11.1 Å². The summed E-state index contributed by atoms with van der Waals surface area (Å²) in [5.41, 5.74) is 0.862. The highest BCUT2D eigenvalue weighted by Gasteiger charge is 2.15. The van der Waals surface area contributed by atoms with Crippen LogP contribution in [0.5, 0.6) is 0 Å². The summed E-state index contributed by atoms with van der Waals surface area (Å²) in [6.07, 6.45) is 1.05. The maximum atomic E-state index is 12.5. The molecule has 0 saturated carbocycles. The fraction of sp³-hybridized carbons (Fsp3) is 0.364. The zero-order chi connectivity index (χ0) is 10.6. The van der Waals surface area contributed by atoms with Crippen molar-refractivity contribution in [3.05, 3.63) is 35.6 Å². The summed E-state index contributed by atoms with van der Waals surface area (Å²) in [6.45, 7) is 1.84. The minimum atomic E-state index is -0.795. The van der Waals surface area contributed by atoms with Gasteiger partial charge in [-0.15, -0.1) is 0 Å². The first-order valence-electron chi connectivity index (χ1n) is 4.60. The number of carbonyl (C=O) groups is 1. The van der Waals surface area contributed by atoms with E-state index < -0.39 is 5.97 Å². The molecule has 1 aromatic carbocycles. The fourth-order valence-electron chi connectivity index (χ4n) is 1.31. The van der Waals surface area contributed by atoms with E-state index in [4.69, 9.17) is 5.11 Å². The first-order chi connectivity index (χ1) is 6.63. The molecule has 0 spiro atoms. The number of carboxylic acid groups (broad SMARTS) is 1. The van der Waals surface area contributed by atoms with Crippen LogP contribution in [0.3, 0.4) is 0 Å². The van der Waals surface area contributed by atoms with Crippen LogP contribution in [0.25, 0.3) is 0 Å². The Balaban J connectivity index is 2.67. The largest absolute Gasteiger partial charge is 0.481 e. The lowest BCUT2D eigenvalue weighted by Crippen LogP contribution is -2.15. The van der Waals surface area contributed by atoms with E-state index in [-0.39, 0.29) is 11.7 Å². The van der Waals surface area contributed by atoms with Gasteiger partial charge in [-0.2, -0.15) is 0 Å². The monoisotopic (exact) mass is 196 g/mol. The van der Waals surface area contributed by atoms with Crippen molar-refractivity contribution in [3.8, 4) is 0 Å². The van der Waals surface area contributed by atoms with Crippen molar-refractivity contribution in [2.45, 2.75) is 19.8 Å². The Bertz CT molecular complexity index is 306. The van der Waals surface area contributed by atoms with Crippen molar-refractivity contribution in [1.82, 2.24) is 0 Å². The van der Waals surface area contributed by atoms with Crippen LogP contribution in [0.2, 0.25) is 0 Å². The molecular formula is C11H13FO2. The molecule has 0 aliphatic rings. The molecule has 0 radical (unpaired) electrons. The summed E-state index contributed by atoms with van der Waals surface area (Å²) in [6, 6.07) is 5.95. The Morgan fingerprint density at radius 3 is 2.43 bits per heavy atom. The van der Waals surface area contributed by atoms with E-state index in [0.717, 1.165) is 5.56 Å². The summed E-state index contributed by atoms with van der Waals surface area (Å²) >= 11 is 0. The van der Waals surface area contributed by atoms with Gasteiger partial charge >= 0.3 is 5.97 Å². The highest BCUT2D eigenvalue weighted by molar-refractivity contribution is 5.70. The van der Waals surface area contributed by atoms with Gasteiger partial charge in [0.1, 0.15) is 5.82 Å². The van der Waals surface area contributed by atoms with Crippen molar-refractivity contribution in [1.29, 1.82) is 0 Å². The van der Waals surface area contributed by atoms with Crippen LogP contribution in [0.15, 0.2) is 24.3 Å². The molecule has 0 aliphatic heterocycles. The topological polar surface area (TPSA) is 37.3 Å². The highest BCUT2D eigenvalue weighted by atomic mass is 19.1. The third-order valence-electron chi connectivity index (χ3n) is 2.24. The first kappa shape index (κ1) is 10.7. The summed E-state index contributed by atoms with van der Waals surface area (Å²) in [7, 11) is 0. The van der Waals surface area contributed by atoms with Gasteiger partial charge in [0.05, 0.1) is 5.92 Å². The molecule has 0 bridgehead atoms. The summed E-state index contributed by atoms with van der Waals surface area (Å²) in [4.78, 5) is 10.7. The van der Waals surface area contributed by atoms with Gasteiger partial charge in [0.15, 0.2) is 0 Å². The number of carboxylic acids is 1. The first-order valence-corrected chi connectivity index (χ1v) is 4.60. The minimum Gasteiger partial charge on any atom is -0.481 e. The van der Waals surface area contributed by atoms with Gasteiger partial charge in [0, 0.05) is 0 Å². The molecule has 0 aromatic heterocycles. The van der Waals surface area contributed by atoms with E-state index in [1.54, 1.807) is 12.1 Å². The molecule has 1 N–H and O–H groups in total. The fourth-order valence-corrected chi connectivity index (χ4v) is 1.31. The Labute approximate surface area is 82.4 Å². The van der Waals surface area contributed by atoms with Crippen LogP contribution in [0.1, 0.15) is 18.9 Å². The average Bonchev–Trinajstić information content (AvgIpc) is 2.16. The van der Waals surface area contributed by atoms with E-state index in [2.05, 4.69) is 0 Å². The Morgan fingerprint density at radius 1 is 1.43 bits per heavy atom. The van der Waals surface area contributed by atoms with Gasteiger partial charge in [-0.1, -0.05) is 19.1 Å². The summed E-state index contributed by atoms with van der Waals surface area (Å²) < 4.78 is 12.5. The zero-order valence-corrected chi connectivity index (χ0v) is 8.03. The lowest BCUT2D eigenvalue weighted by Gasteiger charge is -2.08. The molecular weight excluding hydrogens is 183 g/mol. The van der Waals surface area contributed by atoms with Crippen LogP contribution >= 0.6 is 0 Å². The van der Waals surface area contributed by atoms with Gasteiger partial charge in [-0.05, 0) is 30.5 Å². The molecule has 14 heavy (non-hydrogen) atoms. The molecule has 3 heteroatoms. The van der Waals surface area contributed by atoms with Gasteiger partial charge in [0.2, 0.25) is 0 Å². The van der Waals surface area contributed by atoms with E-state index in [1.807, 2.05) is 6.92 Å². The number of aliphatic carboxylic acids is 1. The predicted octanol–water partition coefficient (Wildman–Crippen LogP) is 2.48. The number of benzene rings is 1. The second-order valence-corrected chi connectivity index (χ2v) is 3.27. The number of rotatable bonds is 4. The smallest absolute Gasteiger partial charge is 0.306 e. The van der Waals surface area contributed by atoms with Gasteiger partial charge < -0.3 is 5.11 Å². The maximum absolute atomic E-state index is 12.5. The highest BCUT2D eigenvalue weighted by Crippen LogP contribution is 2.12. The normalized spacial score (nSPS) is 12.4. The lowest BCUT2D eigenvalue weighted by molar-refractivity contribution is -0.141. The van der Waals surface area contributed by atoms with Crippen LogP contribution in [-0.2, 0) is 11.2 Å². The summed E-state index contributed by atoms with van der Waals surface area (Å²) in [5.74, 6) is -1.46.